The number of primary amides is 1. The van der Waals surface area contributed by atoms with Crippen molar-refractivity contribution in [2.75, 3.05) is 6.61 Å². The molecule has 2 N–H and O–H groups in total. The Balaban J connectivity index is 2.00. The lowest BCUT2D eigenvalue weighted by molar-refractivity contribution is -0.0176. The molecule has 4 nitrogen and oxygen atoms in total. The molecule has 2 aromatic rings. The van der Waals surface area contributed by atoms with E-state index in [4.69, 9.17) is 15.2 Å². The largest absolute Gasteiger partial charge is 0.492 e. The van der Waals surface area contributed by atoms with Crippen LogP contribution in [0.25, 0.3) is 11.1 Å². The van der Waals surface area contributed by atoms with Crippen molar-refractivity contribution in [3.05, 3.63) is 53.6 Å². The van der Waals surface area contributed by atoms with Gasteiger partial charge < -0.3 is 15.2 Å². The molecule has 1 aliphatic rings. The third-order valence-corrected chi connectivity index (χ3v) is 4.73. The first-order valence-corrected chi connectivity index (χ1v) is 8.61. The summed E-state index contributed by atoms with van der Waals surface area (Å²) < 4.78 is 11.3. The van der Waals surface area contributed by atoms with E-state index in [1.165, 1.54) is 5.56 Å². The quantitative estimate of drug-likeness (QED) is 0.853. The van der Waals surface area contributed by atoms with Crippen LogP contribution < -0.4 is 10.5 Å². The molecule has 0 spiro atoms. The number of rotatable bonds is 3. The molecule has 132 valence electrons. The molecule has 1 atom stereocenters. The minimum absolute atomic E-state index is 0.332. The first-order valence-electron chi connectivity index (χ1n) is 8.61. The predicted octanol–water partition coefficient (Wildman–Crippen LogP) is 5.03. The highest BCUT2D eigenvalue weighted by Gasteiger charge is 2.40. The Bertz CT molecular complexity index is 795. The van der Waals surface area contributed by atoms with E-state index >= 15 is 0 Å². The summed E-state index contributed by atoms with van der Waals surface area (Å²) in [6.45, 7) is 8.84. The van der Waals surface area contributed by atoms with E-state index < -0.39 is 12.2 Å². The smallest absolute Gasteiger partial charge is 0.405 e. The van der Waals surface area contributed by atoms with Gasteiger partial charge in [-0.15, -0.1) is 0 Å². The second kappa shape index (κ2) is 6.43. The molecule has 1 aliphatic heterocycles. The van der Waals surface area contributed by atoms with Crippen LogP contribution in [0.5, 0.6) is 5.75 Å². The summed E-state index contributed by atoms with van der Waals surface area (Å²) in [6.07, 6.45) is -1.18. The zero-order chi connectivity index (χ0) is 18.2. The van der Waals surface area contributed by atoms with E-state index in [0.717, 1.165) is 22.4 Å². The lowest BCUT2D eigenvalue weighted by atomic mass is 9.80. The first kappa shape index (κ1) is 17.3. The summed E-state index contributed by atoms with van der Waals surface area (Å²) in [5, 5.41) is 0. The minimum atomic E-state index is -0.764. The molecule has 0 radical (unpaired) electrons. The lowest BCUT2D eigenvalue weighted by Crippen LogP contribution is -2.37. The van der Waals surface area contributed by atoms with Crippen molar-refractivity contribution >= 4 is 6.09 Å². The van der Waals surface area contributed by atoms with Crippen molar-refractivity contribution in [1.29, 1.82) is 0 Å². The Hall–Kier alpha value is -2.49. The van der Waals surface area contributed by atoms with E-state index in [1.807, 2.05) is 32.0 Å². The molecular formula is C21H25NO3. The number of hydrogen-bond acceptors (Lipinski definition) is 3. The zero-order valence-corrected chi connectivity index (χ0v) is 15.2. The van der Waals surface area contributed by atoms with Gasteiger partial charge in [-0.25, -0.2) is 4.79 Å². The summed E-state index contributed by atoms with van der Waals surface area (Å²) in [7, 11) is 0. The number of hydrogen-bond donors (Lipinski definition) is 1. The van der Waals surface area contributed by atoms with Crippen molar-refractivity contribution in [3.63, 3.8) is 0 Å². The molecule has 0 bridgehead atoms. The van der Waals surface area contributed by atoms with E-state index in [1.54, 1.807) is 0 Å². The molecule has 0 aliphatic carbocycles. The molecular weight excluding hydrogens is 314 g/mol. The number of carbonyl (C=O) groups excluding carboxylic acids is 1. The van der Waals surface area contributed by atoms with Gasteiger partial charge in [-0.05, 0) is 28.7 Å². The van der Waals surface area contributed by atoms with Crippen LogP contribution >= 0.6 is 0 Å². The summed E-state index contributed by atoms with van der Waals surface area (Å²) in [5.74, 6) is 1.22. The Morgan fingerprint density at radius 3 is 2.60 bits per heavy atom. The second-order valence-corrected chi connectivity index (χ2v) is 7.63. The van der Waals surface area contributed by atoms with E-state index in [2.05, 4.69) is 38.1 Å². The summed E-state index contributed by atoms with van der Waals surface area (Å²) in [4.78, 5) is 11.3. The average molecular weight is 339 g/mol. The molecule has 2 aromatic carbocycles. The molecule has 25 heavy (non-hydrogen) atoms. The predicted molar refractivity (Wildman–Crippen MR) is 98.7 cm³/mol. The lowest BCUT2D eigenvalue weighted by Gasteiger charge is -2.38. The van der Waals surface area contributed by atoms with E-state index in [0.29, 0.717) is 12.5 Å². The van der Waals surface area contributed by atoms with Gasteiger partial charge in [-0.2, -0.15) is 0 Å². The molecule has 1 unspecified atom stereocenters. The van der Waals surface area contributed by atoms with Crippen LogP contribution in [-0.2, 0) is 4.74 Å². The summed E-state index contributed by atoms with van der Waals surface area (Å²) >= 11 is 0. The molecule has 0 fully saturated rings. The van der Waals surface area contributed by atoms with Crippen molar-refractivity contribution < 1.29 is 14.3 Å². The Morgan fingerprint density at radius 2 is 1.92 bits per heavy atom. The first-order chi connectivity index (χ1) is 11.8. The van der Waals surface area contributed by atoms with Gasteiger partial charge >= 0.3 is 6.09 Å². The fourth-order valence-corrected chi connectivity index (χ4v) is 3.23. The Kier molecular flexibility index (Phi) is 4.46. The van der Waals surface area contributed by atoms with Crippen LogP contribution in [-0.4, -0.2) is 12.7 Å². The van der Waals surface area contributed by atoms with Gasteiger partial charge in [0.2, 0.25) is 0 Å². The monoisotopic (exact) mass is 339 g/mol. The van der Waals surface area contributed by atoms with Crippen molar-refractivity contribution in [2.45, 2.75) is 39.7 Å². The molecule has 0 saturated heterocycles. The zero-order valence-electron chi connectivity index (χ0n) is 15.2. The standard InChI is InChI=1S/C21H25NO3/c1-13(2)14-6-5-7-15(10-14)16-8-9-17-18(11-16)24-12-21(3,4)19(17)25-20(22)23/h5-11,13,19H,12H2,1-4H3,(H2,22,23). The molecule has 4 heteroatoms. The Morgan fingerprint density at radius 1 is 1.20 bits per heavy atom. The number of amides is 1. The number of benzene rings is 2. The SMILES string of the molecule is CC(C)c1cccc(-c2ccc3c(c2)OCC(C)(C)C3OC(N)=O)c1. The fraction of sp³-hybridized carbons (Fsp3) is 0.381. The summed E-state index contributed by atoms with van der Waals surface area (Å²) in [5.41, 5.74) is 9.32. The highest BCUT2D eigenvalue weighted by atomic mass is 16.6. The molecule has 1 heterocycles. The third kappa shape index (κ3) is 3.48. The topological polar surface area (TPSA) is 61.6 Å². The number of fused-ring (bicyclic) bond motifs is 1. The van der Waals surface area contributed by atoms with Crippen LogP contribution in [0.15, 0.2) is 42.5 Å². The highest BCUT2D eigenvalue weighted by molar-refractivity contribution is 5.68. The van der Waals surface area contributed by atoms with Gasteiger partial charge in [0, 0.05) is 11.0 Å². The van der Waals surface area contributed by atoms with E-state index in [9.17, 15) is 4.79 Å². The van der Waals surface area contributed by atoms with E-state index in [-0.39, 0.29) is 5.41 Å². The molecule has 0 aromatic heterocycles. The maximum absolute atomic E-state index is 11.3. The number of nitrogens with two attached hydrogens (primary N) is 1. The van der Waals surface area contributed by atoms with Crippen molar-refractivity contribution in [3.8, 4) is 16.9 Å². The Labute approximate surface area is 148 Å². The van der Waals surface area contributed by atoms with Gasteiger partial charge in [-0.1, -0.05) is 64.1 Å². The highest BCUT2D eigenvalue weighted by Crippen LogP contribution is 2.46. The maximum atomic E-state index is 11.3. The van der Waals surface area contributed by atoms with Crippen molar-refractivity contribution in [2.24, 2.45) is 11.1 Å². The second-order valence-electron chi connectivity index (χ2n) is 7.63. The van der Waals surface area contributed by atoms with Crippen molar-refractivity contribution in [1.82, 2.24) is 0 Å². The fourth-order valence-electron chi connectivity index (χ4n) is 3.23. The average Bonchev–Trinajstić information content (AvgIpc) is 2.57. The van der Waals surface area contributed by atoms with Crippen LogP contribution in [0, 0.1) is 5.41 Å². The van der Waals surface area contributed by atoms with Crippen LogP contribution in [0.3, 0.4) is 0 Å². The van der Waals surface area contributed by atoms with Crippen LogP contribution in [0.1, 0.15) is 50.8 Å². The molecule has 0 saturated carbocycles. The molecule has 1 amide bonds. The number of ether oxygens (including phenoxy) is 2. The van der Waals surface area contributed by atoms with Crippen LogP contribution in [0.4, 0.5) is 4.79 Å². The maximum Gasteiger partial charge on any atom is 0.405 e. The van der Waals surface area contributed by atoms with Gasteiger partial charge in [0.05, 0.1) is 6.61 Å². The van der Waals surface area contributed by atoms with Gasteiger partial charge in [-0.3, -0.25) is 0 Å². The summed E-state index contributed by atoms with van der Waals surface area (Å²) in [6, 6.07) is 14.5. The molecule has 3 rings (SSSR count). The number of carbonyl (C=O) groups is 1. The minimum Gasteiger partial charge on any atom is -0.492 e. The van der Waals surface area contributed by atoms with Crippen LogP contribution in [0.2, 0.25) is 0 Å². The van der Waals surface area contributed by atoms with Gasteiger partial charge in [0.25, 0.3) is 0 Å². The van der Waals surface area contributed by atoms with Gasteiger partial charge in [0.1, 0.15) is 11.9 Å². The normalized spacial score (nSPS) is 18.4. The van der Waals surface area contributed by atoms with Gasteiger partial charge in [0.15, 0.2) is 0 Å². The third-order valence-electron chi connectivity index (χ3n) is 4.73.